The molecule has 2 aliphatic carbocycles. The zero-order valence-electron chi connectivity index (χ0n) is 10.7. The molecule has 0 radical (unpaired) electrons. The van der Waals surface area contributed by atoms with E-state index in [4.69, 9.17) is 5.11 Å². The van der Waals surface area contributed by atoms with Gasteiger partial charge in [0, 0.05) is 11.8 Å². The number of hydrogen-bond acceptors (Lipinski definition) is 2. The van der Waals surface area contributed by atoms with E-state index >= 15 is 0 Å². The molecule has 0 amide bonds. The van der Waals surface area contributed by atoms with Gasteiger partial charge in [0.15, 0.2) is 5.71 Å². The summed E-state index contributed by atoms with van der Waals surface area (Å²) in [7, 11) is 0. The number of aliphatic carboxylic acids is 1. The number of carboxylic acids is 1. The fraction of sp³-hybridized carbons (Fsp3) is 0.714. The van der Waals surface area contributed by atoms with Crippen molar-refractivity contribution in [3.05, 3.63) is 11.8 Å². The Morgan fingerprint density at radius 3 is 2.53 bits per heavy atom. The van der Waals surface area contributed by atoms with E-state index < -0.39 is 5.97 Å². The zero-order chi connectivity index (χ0) is 12.4. The van der Waals surface area contributed by atoms with Crippen LogP contribution in [-0.2, 0) is 4.79 Å². The van der Waals surface area contributed by atoms with Gasteiger partial charge in [-0.05, 0) is 41.9 Å². The number of aliphatic imine (C=N–C) groups is 1. The molecule has 3 nitrogen and oxygen atoms in total. The quantitative estimate of drug-likeness (QED) is 0.797. The number of nitrogens with zero attached hydrogens (tertiary/aromatic N) is 1. The molecule has 3 aliphatic rings. The van der Waals surface area contributed by atoms with Gasteiger partial charge in [-0.2, -0.15) is 0 Å². The molecule has 0 aromatic rings. The molecular formula is C14H19NO2. The number of rotatable bonds is 2. The Morgan fingerprint density at radius 2 is 2.18 bits per heavy atom. The fourth-order valence-corrected chi connectivity index (χ4v) is 4.31. The van der Waals surface area contributed by atoms with Crippen LogP contribution in [-0.4, -0.2) is 16.8 Å². The molecule has 2 fully saturated rings. The summed E-state index contributed by atoms with van der Waals surface area (Å²) in [5.74, 6) is 0.278. The molecule has 0 aromatic carbocycles. The fourth-order valence-electron chi connectivity index (χ4n) is 4.31. The second kappa shape index (κ2) is 3.01. The highest BCUT2D eigenvalue weighted by Crippen LogP contribution is 2.69. The second-order valence-electron chi connectivity index (χ2n) is 6.53. The van der Waals surface area contributed by atoms with E-state index in [9.17, 15) is 4.79 Å². The van der Waals surface area contributed by atoms with Gasteiger partial charge in [0.2, 0.25) is 0 Å². The second-order valence-corrected chi connectivity index (χ2v) is 6.53. The molecule has 2 saturated carbocycles. The number of carbonyl (C=O) groups is 1. The minimum absolute atomic E-state index is 0.250. The molecule has 3 atom stereocenters. The van der Waals surface area contributed by atoms with E-state index in [1.807, 2.05) is 0 Å². The Kier molecular flexibility index (Phi) is 1.94. The largest absolute Gasteiger partial charge is 0.477 e. The minimum Gasteiger partial charge on any atom is -0.477 e. The van der Waals surface area contributed by atoms with Crippen molar-refractivity contribution in [2.24, 2.45) is 27.7 Å². The van der Waals surface area contributed by atoms with Gasteiger partial charge in [0.25, 0.3) is 0 Å². The smallest absolute Gasteiger partial charge is 0.354 e. The Bertz CT molecular complexity index is 461. The van der Waals surface area contributed by atoms with Gasteiger partial charge < -0.3 is 5.11 Å². The van der Waals surface area contributed by atoms with Crippen LogP contribution in [0.2, 0.25) is 0 Å². The molecule has 0 aromatic heterocycles. The van der Waals surface area contributed by atoms with E-state index in [0.29, 0.717) is 17.0 Å². The molecule has 0 saturated heterocycles. The first kappa shape index (κ1) is 11.0. The Balaban J connectivity index is 1.92. The number of carboxylic acid groups (broad SMARTS) is 1. The van der Waals surface area contributed by atoms with Gasteiger partial charge in [-0.15, -0.1) is 0 Å². The van der Waals surface area contributed by atoms with Gasteiger partial charge in [0.1, 0.15) is 0 Å². The first-order valence-electron chi connectivity index (χ1n) is 6.39. The molecule has 3 heteroatoms. The molecule has 17 heavy (non-hydrogen) atoms. The van der Waals surface area contributed by atoms with Gasteiger partial charge in [-0.3, -0.25) is 0 Å². The first-order chi connectivity index (χ1) is 7.88. The average molecular weight is 233 g/mol. The highest BCUT2D eigenvalue weighted by Gasteiger charge is 2.62. The van der Waals surface area contributed by atoms with Crippen molar-refractivity contribution in [3.63, 3.8) is 0 Å². The van der Waals surface area contributed by atoms with Gasteiger partial charge in [-0.1, -0.05) is 20.8 Å². The monoisotopic (exact) mass is 233 g/mol. The maximum atomic E-state index is 11.0. The highest BCUT2D eigenvalue weighted by atomic mass is 16.4. The van der Waals surface area contributed by atoms with Crippen molar-refractivity contribution in [3.8, 4) is 0 Å². The summed E-state index contributed by atoms with van der Waals surface area (Å²) in [6.45, 7) is 7.03. The topological polar surface area (TPSA) is 49.7 Å². The normalized spacial score (nSPS) is 41.8. The summed E-state index contributed by atoms with van der Waals surface area (Å²) in [6.07, 6.45) is 5.43. The molecule has 92 valence electrons. The van der Waals surface area contributed by atoms with Crippen molar-refractivity contribution in [1.29, 1.82) is 0 Å². The maximum absolute atomic E-state index is 11.0. The summed E-state index contributed by atoms with van der Waals surface area (Å²) in [6, 6.07) is 0. The van der Waals surface area contributed by atoms with Crippen LogP contribution in [0, 0.1) is 22.7 Å². The van der Waals surface area contributed by atoms with Crippen LogP contribution in [0.4, 0.5) is 0 Å². The van der Waals surface area contributed by atoms with E-state index in [2.05, 4.69) is 25.8 Å². The minimum atomic E-state index is -0.869. The van der Waals surface area contributed by atoms with Gasteiger partial charge in [0.05, 0.1) is 0 Å². The van der Waals surface area contributed by atoms with Gasteiger partial charge in [-0.25, -0.2) is 9.79 Å². The van der Waals surface area contributed by atoms with E-state index in [1.165, 1.54) is 12.8 Å². The lowest BCUT2D eigenvalue weighted by Gasteiger charge is -2.41. The van der Waals surface area contributed by atoms with Crippen LogP contribution in [0.1, 0.15) is 40.0 Å². The predicted octanol–water partition coefficient (Wildman–Crippen LogP) is 2.87. The third kappa shape index (κ3) is 1.12. The molecule has 0 spiro atoms. The standard InChI is InChI=1S/C14H19NO2/c1-13(2)8-4-5-14(13,3)10(6-8)9-7-15-11(9)12(16)17/h7-8,10H,4-6H2,1-3H3,(H,16,17). The lowest BCUT2D eigenvalue weighted by atomic mass is 9.64. The SMILES string of the molecule is CC1(C)C2CCC1(C)C(C1=CN=C1C(=O)O)C2. The van der Waals surface area contributed by atoms with Crippen LogP contribution < -0.4 is 0 Å². The summed E-state index contributed by atoms with van der Waals surface area (Å²) in [4.78, 5) is 15.0. The molecule has 1 N–H and O–H groups in total. The Morgan fingerprint density at radius 1 is 1.47 bits per heavy atom. The number of fused-ring (bicyclic) bond motifs is 2. The van der Waals surface area contributed by atoms with Crippen molar-refractivity contribution in [2.75, 3.05) is 0 Å². The summed E-state index contributed by atoms with van der Waals surface area (Å²) < 4.78 is 0. The zero-order valence-corrected chi connectivity index (χ0v) is 10.7. The Labute approximate surface area is 102 Å². The van der Waals surface area contributed by atoms with Crippen molar-refractivity contribution < 1.29 is 9.90 Å². The first-order valence-corrected chi connectivity index (χ1v) is 6.39. The maximum Gasteiger partial charge on any atom is 0.354 e. The van der Waals surface area contributed by atoms with Crippen LogP contribution in [0.25, 0.3) is 0 Å². The summed E-state index contributed by atoms with van der Waals surface area (Å²) in [5.41, 5.74) is 1.88. The van der Waals surface area contributed by atoms with Gasteiger partial charge >= 0.3 is 5.97 Å². The highest BCUT2D eigenvalue weighted by molar-refractivity contribution is 6.44. The Hall–Kier alpha value is -1.12. The predicted molar refractivity (Wildman–Crippen MR) is 65.9 cm³/mol. The molecule has 3 unspecified atom stereocenters. The van der Waals surface area contributed by atoms with Crippen molar-refractivity contribution >= 4 is 11.7 Å². The third-order valence-electron chi connectivity index (χ3n) is 5.98. The van der Waals surface area contributed by atoms with Crippen LogP contribution in [0.5, 0.6) is 0 Å². The average Bonchev–Trinajstić information content (AvgIpc) is 2.48. The lowest BCUT2D eigenvalue weighted by Crippen LogP contribution is -2.37. The summed E-state index contributed by atoms with van der Waals surface area (Å²) in [5, 5.41) is 9.08. The third-order valence-corrected chi connectivity index (χ3v) is 5.98. The van der Waals surface area contributed by atoms with Crippen LogP contribution in [0.15, 0.2) is 16.8 Å². The van der Waals surface area contributed by atoms with Crippen molar-refractivity contribution in [1.82, 2.24) is 0 Å². The number of hydrogen-bond donors (Lipinski definition) is 1. The molecular weight excluding hydrogens is 214 g/mol. The van der Waals surface area contributed by atoms with E-state index in [-0.39, 0.29) is 5.41 Å². The van der Waals surface area contributed by atoms with Crippen LogP contribution in [0.3, 0.4) is 0 Å². The molecule has 1 aliphatic heterocycles. The van der Waals surface area contributed by atoms with Crippen molar-refractivity contribution in [2.45, 2.75) is 40.0 Å². The van der Waals surface area contributed by atoms with E-state index in [1.54, 1.807) is 6.20 Å². The molecule has 2 bridgehead atoms. The molecule has 1 heterocycles. The lowest BCUT2D eigenvalue weighted by molar-refractivity contribution is -0.129. The van der Waals surface area contributed by atoms with E-state index in [0.717, 1.165) is 17.9 Å². The summed E-state index contributed by atoms with van der Waals surface area (Å²) >= 11 is 0. The van der Waals surface area contributed by atoms with Crippen LogP contribution >= 0.6 is 0 Å². The molecule has 3 rings (SSSR count).